The van der Waals surface area contributed by atoms with Crippen LogP contribution in [0.4, 0.5) is 0 Å². The highest BCUT2D eigenvalue weighted by Crippen LogP contribution is 2.29. The van der Waals surface area contributed by atoms with Gasteiger partial charge in [0.15, 0.2) is 0 Å². The van der Waals surface area contributed by atoms with Gasteiger partial charge in [-0.05, 0) is 38.7 Å². The molecule has 4 aromatic rings. The van der Waals surface area contributed by atoms with Gasteiger partial charge >= 0.3 is 0 Å². The smallest absolute Gasteiger partial charge is 0.00994 e. The average molecular weight is 332 g/mol. The minimum absolute atomic E-state index is 1.21. The minimum atomic E-state index is 1.21. The predicted molar refractivity (Wildman–Crippen MR) is 115 cm³/mol. The zero-order chi connectivity index (χ0) is 17.6. The van der Waals surface area contributed by atoms with Crippen LogP contribution in [-0.2, 0) is 0 Å². The Hall–Kier alpha value is -3.38. The van der Waals surface area contributed by atoms with Crippen LogP contribution in [0.1, 0.15) is 11.1 Å². The molecule has 0 unspecified atom stereocenters. The Morgan fingerprint density at radius 1 is 0.462 bits per heavy atom. The van der Waals surface area contributed by atoms with Gasteiger partial charge in [-0.1, -0.05) is 115 Å². The fourth-order valence-corrected chi connectivity index (χ4v) is 3.24. The molecule has 0 aliphatic rings. The van der Waals surface area contributed by atoms with Crippen LogP contribution in [-0.4, -0.2) is 0 Å². The monoisotopic (exact) mass is 332 g/mol. The molecule has 0 spiro atoms. The summed E-state index contributed by atoms with van der Waals surface area (Å²) in [5.41, 5.74) is 2.46. The third kappa shape index (κ3) is 3.50. The molecule has 0 saturated carbocycles. The van der Waals surface area contributed by atoms with E-state index in [4.69, 9.17) is 0 Å². The van der Waals surface area contributed by atoms with Gasteiger partial charge in [0.05, 0.1) is 0 Å². The van der Waals surface area contributed by atoms with E-state index in [9.17, 15) is 0 Å². The van der Waals surface area contributed by atoms with Crippen LogP contribution in [0.2, 0.25) is 0 Å². The maximum Gasteiger partial charge on any atom is -0.00994 e. The summed E-state index contributed by atoms with van der Waals surface area (Å²) in [4.78, 5) is 0. The Labute approximate surface area is 154 Å². The molecule has 0 fully saturated rings. The summed E-state index contributed by atoms with van der Waals surface area (Å²) in [6, 6.07) is 29.8. The topological polar surface area (TPSA) is 0 Å². The summed E-state index contributed by atoms with van der Waals surface area (Å²) in [5.74, 6) is 0. The normalized spacial score (nSPS) is 12.2. The molecule has 0 atom stereocenters. The number of benzene rings is 4. The van der Waals surface area contributed by atoms with Gasteiger partial charge in [-0.3, -0.25) is 0 Å². The van der Waals surface area contributed by atoms with E-state index in [-0.39, 0.29) is 0 Å². The molecule has 0 radical (unpaired) electrons. The van der Waals surface area contributed by atoms with Gasteiger partial charge in [0.25, 0.3) is 0 Å². The minimum Gasteiger partial charge on any atom is -0.0622 e. The lowest BCUT2D eigenvalue weighted by Gasteiger charge is -2.07. The van der Waals surface area contributed by atoms with Crippen molar-refractivity contribution in [3.05, 3.63) is 120 Å². The molecule has 0 heterocycles. The molecule has 124 valence electrons. The Morgan fingerprint density at radius 2 is 1.08 bits per heavy atom. The second-order valence-electron chi connectivity index (χ2n) is 6.25. The van der Waals surface area contributed by atoms with E-state index in [0.29, 0.717) is 0 Å². The Balaban J connectivity index is 1.61. The average Bonchev–Trinajstić information content (AvgIpc) is 2.71. The SMILES string of the molecule is C(=CC=Cc1cc2ccccc2c2ccccc12)C=Cc1ccccc1. The van der Waals surface area contributed by atoms with Gasteiger partial charge in [-0.25, -0.2) is 0 Å². The molecular weight excluding hydrogens is 312 g/mol. The third-order valence-corrected chi connectivity index (χ3v) is 4.50. The second kappa shape index (κ2) is 7.67. The number of fused-ring (bicyclic) bond motifs is 3. The first-order valence-electron chi connectivity index (χ1n) is 8.89. The molecule has 4 rings (SSSR count). The summed E-state index contributed by atoms with van der Waals surface area (Å²) in [6.45, 7) is 0. The van der Waals surface area contributed by atoms with E-state index in [1.54, 1.807) is 0 Å². The summed E-state index contributed by atoms with van der Waals surface area (Å²) in [6.07, 6.45) is 12.6. The summed E-state index contributed by atoms with van der Waals surface area (Å²) in [7, 11) is 0. The summed E-state index contributed by atoms with van der Waals surface area (Å²) in [5, 5.41) is 5.18. The van der Waals surface area contributed by atoms with Crippen molar-refractivity contribution in [1.82, 2.24) is 0 Å². The van der Waals surface area contributed by atoms with Crippen molar-refractivity contribution in [3.8, 4) is 0 Å². The number of hydrogen-bond donors (Lipinski definition) is 0. The van der Waals surface area contributed by atoms with Crippen molar-refractivity contribution in [1.29, 1.82) is 0 Å². The molecule has 0 amide bonds. The molecule has 0 heteroatoms. The van der Waals surface area contributed by atoms with Crippen molar-refractivity contribution < 1.29 is 0 Å². The fourth-order valence-electron chi connectivity index (χ4n) is 3.24. The van der Waals surface area contributed by atoms with Crippen molar-refractivity contribution in [2.45, 2.75) is 0 Å². The van der Waals surface area contributed by atoms with Crippen LogP contribution >= 0.6 is 0 Å². The van der Waals surface area contributed by atoms with E-state index in [2.05, 4.69) is 103 Å². The van der Waals surface area contributed by atoms with Crippen molar-refractivity contribution in [2.75, 3.05) is 0 Å². The highest BCUT2D eigenvalue weighted by Gasteiger charge is 2.03. The molecule has 0 aromatic heterocycles. The standard InChI is InChI=1S/C26H20/c1(4-12-21-13-5-3-6-14-21)2-7-15-22-20-23-16-8-9-17-24(23)26-19-11-10-18-25(22)26/h1-20H. The van der Waals surface area contributed by atoms with Crippen LogP contribution < -0.4 is 0 Å². The van der Waals surface area contributed by atoms with Crippen molar-refractivity contribution >= 4 is 33.7 Å². The van der Waals surface area contributed by atoms with Crippen LogP contribution in [0.15, 0.2) is 109 Å². The molecule has 4 aromatic carbocycles. The van der Waals surface area contributed by atoms with Gasteiger partial charge in [0.2, 0.25) is 0 Å². The van der Waals surface area contributed by atoms with Crippen LogP contribution in [0, 0.1) is 0 Å². The Kier molecular flexibility index (Phi) is 4.75. The lowest BCUT2D eigenvalue weighted by molar-refractivity contribution is 1.66. The van der Waals surface area contributed by atoms with Gasteiger partial charge in [-0.2, -0.15) is 0 Å². The van der Waals surface area contributed by atoms with Gasteiger partial charge in [0, 0.05) is 0 Å². The molecular formula is C26H20. The van der Waals surface area contributed by atoms with Gasteiger partial charge in [-0.15, -0.1) is 0 Å². The van der Waals surface area contributed by atoms with Crippen LogP contribution in [0.5, 0.6) is 0 Å². The molecule has 0 nitrogen and oxygen atoms in total. The van der Waals surface area contributed by atoms with E-state index in [1.165, 1.54) is 32.7 Å². The highest BCUT2D eigenvalue weighted by atomic mass is 14.1. The zero-order valence-electron chi connectivity index (χ0n) is 14.5. The molecule has 0 bridgehead atoms. The molecule has 0 aliphatic carbocycles. The predicted octanol–water partition coefficient (Wildman–Crippen LogP) is 7.28. The first-order chi connectivity index (χ1) is 12.9. The Morgan fingerprint density at radius 3 is 1.88 bits per heavy atom. The lowest BCUT2D eigenvalue weighted by Crippen LogP contribution is -1.82. The van der Waals surface area contributed by atoms with Gasteiger partial charge in [0.1, 0.15) is 0 Å². The summed E-state index contributed by atoms with van der Waals surface area (Å²) < 4.78 is 0. The quantitative estimate of drug-likeness (QED) is 0.272. The van der Waals surface area contributed by atoms with E-state index >= 15 is 0 Å². The van der Waals surface area contributed by atoms with Crippen molar-refractivity contribution in [2.24, 2.45) is 0 Å². The number of hydrogen-bond acceptors (Lipinski definition) is 0. The van der Waals surface area contributed by atoms with Crippen LogP contribution in [0.25, 0.3) is 33.7 Å². The zero-order valence-corrected chi connectivity index (χ0v) is 14.5. The van der Waals surface area contributed by atoms with E-state index in [0.717, 1.165) is 0 Å². The molecule has 0 aliphatic heterocycles. The van der Waals surface area contributed by atoms with E-state index < -0.39 is 0 Å². The molecule has 0 N–H and O–H groups in total. The second-order valence-corrected chi connectivity index (χ2v) is 6.25. The fraction of sp³-hybridized carbons (Fsp3) is 0. The Bertz CT molecular complexity index is 1110. The van der Waals surface area contributed by atoms with Crippen molar-refractivity contribution in [3.63, 3.8) is 0 Å². The van der Waals surface area contributed by atoms with Gasteiger partial charge < -0.3 is 0 Å². The van der Waals surface area contributed by atoms with E-state index in [1.807, 2.05) is 18.2 Å². The largest absolute Gasteiger partial charge is 0.0622 e. The molecule has 0 saturated heterocycles. The third-order valence-electron chi connectivity index (χ3n) is 4.50. The van der Waals surface area contributed by atoms with Crippen LogP contribution in [0.3, 0.4) is 0 Å². The molecule has 26 heavy (non-hydrogen) atoms. The lowest BCUT2D eigenvalue weighted by atomic mass is 9.97. The first-order valence-corrected chi connectivity index (χ1v) is 8.89. The number of allylic oxidation sites excluding steroid dienone is 4. The first kappa shape index (κ1) is 16.1. The number of rotatable bonds is 4. The maximum atomic E-state index is 2.27. The maximum absolute atomic E-state index is 2.27. The summed E-state index contributed by atoms with van der Waals surface area (Å²) >= 11 is 0. The highest BCUT2D eigenvalue weighted by molar-refractivity contribution is 6.10.